The maximum atomic E-state index is 5.79. The average Bonchev–Trinajstić information content (AvgIpc) is 3.11. The number of hydrogen-bond donors (Lipinski definition) is 2. The van der Waals surface area contributed by atoms with Gasteiger partial charge in [0.15, 0.2) is 5.96 Å². The third-order valence-electron chi connectivity index (χ3n) is 4.93. The predicted octanol–water partition coefficient (Wildman–Crippen LogP) is 2.30. The van der Waals surface area contributed by atoms with Crippen molar-refractivity contribution >= 4 is 11.8 Å². The molecule has 138 valence electrons. The number of aliphatic imine (C=N–C) groups is 1. The first-order valence-electron chi connectivity index (χ1n) is 9.46. The third-order valence-corrected chi connectivity index (χ3v) is 4.93. The van der Waals surface area contributed by atoms with Crippen molar-refractivity contribution in [2.45, 2.75) is 64.3 Å². The molecule has 6 nitrogen and oxygen atoms in total. The molecule has 2 atom stereocenters. The van der Waals surface area contributed by atoms with Crippen LogP contribution < -0.4 is 15.5 Å². The van der Waals surface area contributed by atoms with Crippen LogP contribution in [0.4, 0.5) is 5.82 Å². The molecular weight excluding hydrogens is 314 g/mol. The zero-order valence-electron chi connectivity index (χ0n) is 15.7. The molecule has 2 N–H and O–H groups in total. The Morgan fingerprint density at radius 1 is 1.24 bits per heavy atom. The highest BCUT2D eigenvalue weighted by molar-refractivity contribution is 5.79. The minimum atomic E-state index is 0.247. The summed E-state index contributed by atoms with van der Waals surface area (Å²) in [6.07, 6.45) is 7.57. The van der Waals surface area contributed by atoms with Crippen molar-refractivity contribution in [3.63, 3.8) is 0 Å². The smallest absolute Gasteiger partial charge is 0.191 e. The average molecular weight is 345 g/mol. The molecule has 6 heteroatoms. The van der Waals surface area contributed by atoms with Crippen LogP contribution in [0.15, 0.2) is 23.3 Å². The first kappa shape index (κ1) is 18.0. The fourth-order valence-corrected chi connectivity index (χ4v) is 3.72. The molecule has 25 heavy (non-hydrogen) atoms. The second-order valence-electron chi connectivity index (χ2n) is 7.24. The lowest BCUT2D eigenvalue weighted by Crippen LogP contribution is -2.45. The van der Waals surface area contributed by atoms with Gasteiger partial charge < -0.3 is 20.3 Å². The fourth-order valence-electron chi connectivity index (χ4n) is 3.72. The molecule has 0 radical (unpaired) electrons. The number of pyridine rings is 1. The Hall–Kier alpha value is -1.82. The normalized spacial score (nSPS) is 25.2. The number of nitrogens with one attached hydrogen (secondary N) is 2. The Kier molecular flexibility index (Phi) is 6.13. The molecule has 0 spiro atoms. The van der Waals surface area contributed by atoms with E-state index in [1.165, 1.54) is 25.7 Å². The van der Waals surface area contributed by atoms with Gasteiger partial charge in [-0.3, -0.25) is 4.99 Å². The van der Waals surface area contributed by atoms with Crippen LogP contribution in [0.25, 0.3) is 0 Å². The monoisotopic (exact) mass is 345 g/mol. The molecule has 1 saturated carbocycles. The van der Waals surface area contributed by atoms with Crippen LogP contribution in [0.3, 0.4) is 0 Å². The van der Waals surface area contributed by atoms with Gasteiger partial charge >= 0.3 is 0 Å². The van der Waals surface area contributed by atoms with Gasteiger partial charge in [-0.25, -0.2) is 4.98 Å². The number of rotatable bonds is 4. The van der Waals surface area contributed by atoms with Gasteiger partial charge in [-0.1, -0.05) is 18.9 Å². The van der Waals surface area contributed by atoms with Crippen LogP contribution >= 0.6 is 0 Å². The number of guanidine groups is 1. The summed E-state index contributed by atoms with van der Waals surface area (Å²) in [6.45, 7) is 6.75. The SMILES string of the molecule is CN=C(NCc1ccc(N2CC(C)OC(C)C2)nc1)NC1CCCC1. The molecule has 1 saturated heterocycles. The van der Waals surface area contributed by atoms with Gasteiger partial charge in [0, 0.05) is 38.9 Å². The van der Waals surface area contributed by atoms with Gasteiger partial charge in [-0.15, -0.1) is 0 Å². The number of hydrogen-bond acceptors (Lipinski definition) is 4. The Bertz CT molecular complexity index is 558. The number of anilines is 1. The van der Waals surface area contributed by atoms with Gasteiger partial charge in [0.25, 0.3) is 0 Å². The van der Waals surface area contributed by atoms with E-state index < -0.39 is 0 Å². The second kappa shape index (κ2) is 8.52. The van der Waals surface area contributed by atoms with E-state index in [2.05, 4.69) is 51.5 Å². The Morgan fingerprint density at radius 3 is 2.56 bits per heavy atom. The highest BCUT2D eigenvalue weighted by atomic mass is 16.5. The predicted molar refractivity (Wildman–Crippen MR) is 102 cm³/mol. The van der Waals surface area contributed by atoms with Crippen LogP contribution in [0.5, 0.6) is 0 Å². The molecule has 2 unspecified atom stereocenters. The van der Waals surface area contributed by atoms with E-state index in [0.29, 0.717) is 6.04 Å². The molecular formula is C19H31N5O. The second-order valence-corrected chi connectivity index (χ2v) is 7.24. The molecule has 0 amide bonds. The van der Waals surface area contributed by atoms with Gasteiger partial charge in [-0.2, -0.15) is 0 Å². The first-order valence-corrected chi connectivity index (χ1v) is 9.46. The highest BCUT2D eigenvalue weighted by Gasteiger charge is 2.23. The Morgan fingerprint density at radius 2 is 1.96 bits per heavy atom. The Balaban J connectivity index is 1.51. The molecule has 1 aliphatic heterocycles. The van der Waals surface area contributed by atoms with E-state index in [-0.39, 0.29) is 12.2 Å². The van der Waals surface area contributed by atoms with Crippen molar-refractivity contribution in [2.24, 2.45) is 4.99 Å². The van der Waals surface area contributed by atoms with Crippen molar-refractivity contribution in [2.75, 3.05) is 25.0 Å². The quantitative estimate of drug-likeness (QED) is 0.648. The van der Waals surface area contributed by atoms with E-state index in [0.717, 1.165) is 37.0 Å². The molecule has 1 aromatic rings. The van der Waals surface area contributed by atoms with Crippen LogP contribution in [-0.2, 0) is 11.3 Å². The van der Waals surface area contributed by atoms with Crippen molar-refractivity contribution in [3.05, 3.63) is 23.9 Å². The molecule has 2 fully saturated rings. The zero-order valence-corrected chi connectivity index (χ0v) is 15.7. The summed E-state index contributed by atoms with van der Waals surface area (Å²) in [7, 11) is 1.83. The lowest BCUT2D eigenvalue weighted by atomic mass is 10.2. The standard InChI is InChI=1S/C19H31N5O/c1-14-12-24(13-15(2)25-14)18-9-8-16(10-21-18)11-22-19(20-3)23-17-6-4-5-7-17/h8-10,14-15,17H,4-7,11-13H2,1-3H3,(H2,20,22,23). The summed E-state index contributed by atoms with van der Waals surface area (Å²) in [5.74, 6) is 1.91. The fraction of sp³-hybridized carbons (Fsp3) is 0.684. The van der Waals surface area contributed by atoms with Crippen LogP contribution in [0, 0.1) is 0 Å². The summed E-state index contributed by atoms with van der Waals surface area (Å²) in [6, 6.07) is 4.81. The highest BCUT2D eigenvalue weighted by Crippen LogP contribution is 2.19. The molecule has 1 aromatic heterocycles. The summed E-state index contributed by atoms with van der Waals surface area (Å²) in [4.78, 5) is 11.3. The number of aromatic nitrogens is 1. The van der Waals surface area contributed by atoms with Crippen molar-refractivity contribution in [3.8, 4) is 0 Å². The van der Waals surface area contributed by atoms with Crippen LogP contribution in [0.2, 0.25) is 0 Å². The maximum absolute atomic E-state index is 5.79. The number of nitrogens with zero attached hydrogens (tertiary/aromatic N) is 3. The van der Waals surface area contributed by atoms with Crippen molar-refractivity contribution in [1.82, 2.24) is 15.6 Å². The topological polar surface area (TPSA) is 61.8 Å². The number of morpholine rings is 1. The van der Waals surface area contributed by atoms with E-state index in [4.69, 9.17) is 4.74 Å². The molecule has 3 rings (SSSR count). The summed E-state index contributed by atoms with van der Waals surface area (Å²) >= 11 is 0. The van der Waals surface area contributed by atoms with Gasteiger partial charge in [0.05, 0.1) is 12.2 Å². The van der Waals surface area contributed by atoms with Gasteiger partial charge in [0.2, 0.25) is 0 Å². The molecule has 2 heterocycles. The zero-order chi connectivity index (χ0) is 17.6. The van der Waals surface area contributed by atoms with E-state index in [1.54, 1.807) is 0 Å². The molecule has 1 aliphatic carbocycles. The minimum absolute atomic E-state index is 0.247. The van der Waals surface area contributed by atoms with E-state index in [9.17, 15) is 0 Å². The van der Waals surface area contributed by atoms with Crippen molar-refractivity contribution in [1.29, 1.82) is 0 Å². The number of ether oxygens (including phenoxy) is 1. The molecule has 2 aliphatic rings. The minimum Gasteiger partial charge on any atom is -0.372 e. The summed E-state index contributed by atoms with van der Waals surface area (Å²) in [5, 5.41) is 6.90. The Labute approximate surface area is 151 Å². The van der Waals surface area contributed by atoms with Gasteiger partial charge in [-0.05, 0) is 38.3 Å². The largest absolute Gasteiger partial charge is 0.372 e. The van der Waals surface area contributed by atoms with Crippen LogP contribution in [-0.4, -0.2) is 49.3 Å². The van der Waals surface area contributed by atoms with Crippen LogP contribution in [0.1, 0.15) is 45.1 Å². The summed E-state index contributed by atoms with van der Waals surface area (Å²) < 4.78 is 5.79. The lowest BCUT2D eigenvalue weighted by molar-refractivity contribution is -0.00545. The van der Waals surface area contributed by atoms with Crippen molar-refractivity contribution < 1.29 is 4.74 Å². The maximum Gasteiger partial charge on any atom is 0.191 e. The van der Waals surface area contributed by atoms with E-state index in [1.807, 2.05) is 13.2 Å². The van der Waals surface area contributed by atoms with Gasteiger partial charge in [0.1, 0.15) is 5.82 Å². The third kappa shape index (κ3) is 5.08. The molecule has 0 aromatic carbocycles. The van der Waals surface area contributed by atoms with E-state index >= 15 is 0 Å². The summed E-state index contributed by atoms with van der Waals surface area (Å²) in [5.41, 5.74) is 1.16. The molecule has 0 bridgehead atoms. The first-order chi connectivity index (χ1) is 12.1. The lowest BCUT2D eigenvalue weighted by Gasteiger charge is -2.36.